The third-order valence-electron chi connectivity index (χ3n) is 10.3. The molecule has 256 valence electrons. The van der Waals surface area contributed by atoms with Gasteiger partial charge in [0, 0.05) is 0 Å². The van der Waals surface area contributed by atoms with Crippen LogP contribution >= 0.6 is 0 Å². The van der Waals surface area contributed by atoms with Gasteiger partial charge in [-0.1, -0.05) is 228 Å². The molecule has 2 atom stereocenters. The monoisotopic (exact) mass is 620 g/mol. The molecule has 1 aliphatic rings. The van der Waals surface area contributed by atoms with E-state index in [-0.39, 0.29) is 0 Å². The molecule has 0 fully saturated rings. The van der Waals surface area contributed by atoms with Crippen molar-refractivity contribution >= 4 is 12.4 Å². The number of benzene rings is 1. The molecule has 0 spiro atoms. The number of nitrogens with zero attached hydrogens (tertiary/aromatic N) is 2. The van der Waals surface area contributed by atoms with Crippen LogP contribution in [0, 0.1) is 18.0 Å². The third-order valence-corrected chi connectivity index (χ3v) is 10.3. The molecule has 2 heteroatoms. The van der Waals surface area contributed by atoms with Crippen molar-refractivity contribution in [1.82, 2.24) is 0 Å². The predicted molar refractivity (Wildman–Crippen MR) is 203 cm³/mol. The minimum Gasteiger partial charge on any atom is -0.0965 e. The van der Waals surface area contributed by atoms with Gasteiger partial charge in [0.25, 0.3) is 0 Å². The highest BCUT2D eigenvalue weighted by Crippen LogP contribution is 2.37. The van der Waals surface area contributed by atoms with E-state index in [1.165, 1.54) is 192 Å². The first-order valence-electron chi connectivity index (χ1n) is 20.3. The van der Waals surface area contributed by atoms with E-state index >= 15 is 0 Å². The van der Waals surface area contributed by atoms with E-state index in [4.69, 9.17) is 9.98 Å². The summed E-state index contributed by atoms with van der Waals surface area (Å²) in [5.74, 6) is 1.14. The highest BCUT2D eigenvalue weighted by atomic mass is 15.0. The lowest BCUT2D eigenvalue weighted by Crippen LogP contribution is -2.22. The van der Waals surface area contributed by atoms with E-state index in [2.05, 4.69) is 44.2 Å². The van der Waals surface area contributed by atoms with E-state index in [1.54, 1.807) is 0 Å². The van der Waals surface area contributed by atoms with Crippen molar-refractivity contribution in [2.45, 2.75) is 206 Å². The van der Waals surface area contributed by atoms with Crippen LogP contribution in [0.5, 0.6) is 0 Å². The normalized spacial score (nSPS) is 14.0. The van der Waals surface area contributed by atoms with Crippen LogP contribution in [0.25, 0.3) is 0 Å². The summed E-state index contributed by atoms with van der Waals surface area (Å²) in [6.07, 6.45) is 47.0. The lowest BCUT2D eigenvalue weighted by atomic mass is 9.78. The molecule has 0 aliphatic carbocycles. The van der Waals surface area contributed by atoms with Crippen molar-refractivity contribution < 1.29 is 0 Å². The first-order chi connectivity index (χ1) is 22.3. The Morgan fingerprint density at radius 3 is 1.20 bits per heavy atom. The molecule has 1 aromatic carbocycles. The number of rotatable bonds is 33. The van der Waals surface area contributed by atoms with Gasteiger partial charge in [-0.2, -0.15) is 0 Å². The molecule has 0 bridgehead atoms. The van der Waals surface area contributed by atoms with Crippen molar-refractivity contribution in [3.8, 4) is 0 Å². The molecule has 1 aliphatic heterocycles. The molecular formula is C43H75N2+. The molecule has 2 unspecified atom stereocenters. The Bertz CT molecular complexity index is 787. The standard InChI is InChI=1S/C43H75N2/c1-3-5-7-9-11-13-15-16-17-18-19-21-22-24-26-31-35-41(39-40-33-29-28-30-34-40)42(43-44-37-38-45-43)36-32-27-25-23-20-14-12-10-8-6-4-2/h28-30,33-34,37-38,41-42H,3-27,31-32,35-36,39H2,1-2H3/q+1. The van der Waals surface area contributed by atoms with E-state index in [0.717, 1.165) is 12.6 Å². The lowest BCUT2D eigenvalue weighted by Gasteiger charge is -2.26. The van der Waals surface area contributed by atoms with Crippen LogP contribution in [0.2, 0.25) is 0 Å². The van der Waals surface area contributed by atoms with Crippen LogP contribution in [0.15, 0.2) is 40.3 Å². The number of aliphatic imine (C=N–C) groups is 2. The first kappa shape index (κ1) is 39.6. The van der Waals surface area contributed by atoms with Crippen LogP contribution in [0.1, 0.15) is 206 Å². The van der Waals surface area contributed by atoms with Gasteiger partial charge >= 0.3 is 0 Å². The van der Waals surface area contributed by atoms with Gasteiger partial charge in [0.2, 0.25) is 6.17 Å². The maximum atomic E-state index is 4.76. The summed E-state index contributed by atoms with van der Waals surface area (Å²) in [7, 11) is 0. The maximum absolute atomic E-state index is 4.76. The predicted octanol–water partition coefficient (Wildman–Crippen LogP) is 14.5. The van der Waals surface area contributed by atoms with Gasteiger partial charge in [0.1, 0.15) is 0 Å². The molecular weight excluding hydrogens is 544 g/mol. The summed E-state index contributed by atoms with van der Waals surface area (Å²) in [5, 5.41) is 0. The fraction of sp³-hybridized carbons (Fsp3) is 0.791. The molecule has 2 rings (SSSR count). The van der Waals surface area contributed by atoms with E-state index in [0.29, 0.717) is 11.8 Å². The van der Waals surface area contributed by atoms with Gasteiger partial charge < -0.3 is 0 Å². The molecule has 1 heterocycles. The number of hydrogen-bond donors (Lipinski definition) is 0. The highest BCUT2D eigenvalue weighted by Gasteiger charge is 2.35. The summed E-state index contributed by atoms with van der Waals surface area (Å²) in [5.41, 5.74) is 1.48. The lowest BCUT2D eigenvalue weighted by molar-refractivity contribution is 0.284. The quantitative estimate of drug-likeness (QED) is 0.0552. The summed E-state index contributed by atoms with van der Waals surface area (Å²) in [6, 6.07) is 11.2. The topological polar surface area (TPSA) is 24.7 Å². The molecule has 0 radical (unpaired) electrons. The summed E-state index contributed by atoms with van der Waals surface area (Å²) < 4.78 is 0. The molecule has 2 nitrogen and oxygen atoms in total. The minimum absolute atomic E-state index is 0.495. The second kappa shape index (κ2) is 29.8. The van der Waals surface area contributed by atoms with Gasteiger partial charge in [-0.25, -0.2) is 0 Å². The zero-order chi connectivity index (χ0) is 31.9. The number of hydrogen-bond acceptors (Lipinski definition) is 2. The fourth-order valence-corrected chi connectivity index (χ4v) is 7.37. The van der Waals surface area contributed by atoms with E-state index in [1.807, 2.05) is 12.4 Å². The largest absolute Gasteiger partial charge is 0.244 e. The Kier molecular flexibility index (Phi) is 26.2. The fourth-order valence-electron chi connectivity index (χ4n) is 7.37. The van der Waals surface area contributed by atoms with E-state index < -0.39 is 0 Å². The Balaban J connectivity index is 1.64. The average molecular weight is 620 g/mol. The third kappa shape index (κ3) is 21.8. The second-order valence-electron chi connectivity index (χ2n) is 14.4. The summed E-state index contributed by atoms with van der Waals surface area (Å²) >= 11 is 0. The van der Waals surface area contributed by atoms with Crippen LogP contribution in [0.4, 0.5) is 0 Å². The Labute approximate surface area is 282 Å². The average Bonchev–Trinajstić information content (AvgIpc) is 3.60. The van der Waals surface area contributed by atoms with Crippen molar-refractivity contribution in [3.05, 3.63) is 42.1 Å². The molecule has 0 amide bonds. The summed E-state index contributed by atoms with van der Waals surface area (Å²) in [4.78, 5) is 9.52. The minimum atomic E-state index is 0.495. The molecule has 45 heavy (non-hydrogen) atoms. The Morgan fingerprint density at radius 2 is 0.800 bits per heavy atom. The molecule has 0 aromatic heterocycles. The van der Waals surface area contributed by atoms with Crippen molar-refractivity contribution in [1.29, 1.82) is 0 Å². The zero-order valence-electron chi connectivity index (χ0n) is 30.3. The molecule has 1 aromatic rings. The van der Waals surface area contributed by atoms with Crippen molar-refractivity contribution in [2.75, 3.05) is 0 Å². The smallest absolute Gasteiger partial charge is 0.0965 e. The molecule has 0 saturated heterocycles. The van der Waals surface area contributed by atoms with Crippen LogP contribution in [-0.2, 0) is 6.42 Å². The van der Waals surface area contributed by atoms with Gasteiger partial charge in [-0.15, -0.1) is 0 Å². The van der Waals surface area contributed by atoms with Crippen LogP contribution in [-0.4, -0.2) is 12.4 Å². The van der Waals surface area contributed by atoms with Gasteiger partial charge in [-0.05, 0) is 30.7 Å². The summed E-state index contributed by atoms with van der Waals surface area (Å²) in [6.45, 7) is 4.61. The Morgan fingerprint density at radius 1 is 0.444 bits per heavy atom. The van der Waals surface area contributed by atoms with Crippen LogP contribution in [0.3, 0.4) is 0 Å². The second-order valence-corrected chi connectivity index (χ2v) is 14.4. The Hall–Kier alpha value is -1.57. The first-order valence-corrected chi connectivity index (χ1v) is 20.3. The maximum Gasteiger partial charge on any atom is 0.244 e. The van der Waals surface area contributed by atoms with E-state index in [9.17, 15) is 0 Å². The SMILES string of the molecule is CCCCCCCCCCCCCCCCCCC(Cc1ccccc1)C(CCCCCCCCCCCCC)[C+]1N=CC=N1. The highest BCUT2D eigenvalue weighted by molar-refractivity contribution is 6.18. The van der Waals surface area contributed by atoms with Gasteiger partial charge in [0.15, 0.2) is 12.4 Å². The van der Waals surface area contributed by atoms with Crippen LogP contribution < -0.4 is 0 Å². The van der Waals surface area contributed by atoms with Gasteiger partial charge in [-0.3, -0.25) is 0 Å². The molecule has 0 saturated carbocycles. The van der Waals surface area contributed by atoms with Crippen molar-refractivity contribution in [3.63, 3.8) is 0 Å². The van der Waals surface area contributed by atoms with Gasteiger partial charge in [0.05, 0.1) is 5.92 Å². The molecule has 0 N–H and O–H groups in total. The number of unbranched alkanes of at least 4 members (excludes halogenated alkanes) is 25. The van der Waals surface area contributed by atoms with Crippen molar-refractivity contribution in [2.24, 2.45) is 21.8 Å². The zero-order valence-corrected chi connectivity index (χ0v) is 30.3.